The van der Waals surface area contributed by atoms with Crippen molar-refractivity contribution in [3.05, 3.63) is 45.9 Å². The van der Waals surface area contributed by atoms with E-state index >= 15 is 0 Å². The number of phenols is 1. The smallest absolute Gasteiger partial charge is 0.257 e. The van der Waals surface area contributed by atoms with Gasteiger partial charge in [0.2, 0.25) is 5.91 Å². The van der Waals surface area contributed by atoms with Gasteiger partial charge < -0.3 is 14.9 Å². The number of aromatic nitrogens is 1. The Kier molecular flexibility index (Phi) is 4.40. The van der Waals surface area contributed by atoms with Crippen molar-refractivity contribution >= 4 is 23.2 Å². The van der Waals surface area contributed by atoms with Crippen molar-refractivity contribution in [3.8, 4) is 5.75 Å². The van der Waals surface area contributed by atoms with Crippen LogP contribution < -0.4 is 0 Å². The highest BCUT2D eigenvalue weighted by atomic mass is 32.1. The van der Waals surface area contributed by atoms with Crippen molar-refractivity contribution < 1.29 is 14.7 Å². The number of aryl methyl sites for hydroxylation is 1. The van der Waals surface area contributed by atoms with E-state index in [9.17, 15) is 14.7 Å². The lowest BCUT2D eigenvalue weighted by molar-refractivity contribution is -0.140. The van der Waals surface area contributed by atoms with Crippen molar-refractivity contribution in [2.45, 2.75) is 32.4 Å². The van der Waals surface area contributed by atoms with Crippen LogP contribution in [0.4, 0.5) is 0 Å². The quantitative estimate of drug-likeness (QED) is 0.899. The maximum absolute atomic E-state index is 13.0. The number of rotatable bonds is 3. The number of amides is 2. The Labute approximate surface area is 156 Å². The summed E-state index contributed by atoms with van der Waals surface area (Å²) in [5, 5.41) is 12.2. The van der Waals surface area contributed by atoms with Crippen LogP contribution in [0.15, 0.2) is 29.1 Å². The van der Waals surface area contributed by atoms with E-state index in [1.54, 1.807) is 35.5 Å². The largest absolute Gasteiger partial charge is 0.507 e. The Hall–Kier alpha value is -2.41. The minimum atomic E-state index is -0.202. The van der Waals surface area contributed by atoms with Gasteiger partial charge >= 0.3 is 0 Å². The number of carbonyl (C=O) groups is 2. The molecule has 1 aromatic heterocycles. The standard InChI is InChI=1S/C19H21N3O3S/c1-12-3-2-4-16(17(12)23)19(25)21-7-13-5-6-15(9-21)22(18(13)24)8-14-10-26-11-20-14/h2-4,10-11,13,15,23H,5-9H2,1H3. The van der Waals surface area contributed by atoms with E-state index in [4.69, 9.17) is 0 Å². The number of para-hydroxylation sites is 1. The molecule has 5 rings (SSSR count). The summed E-state index contributed by atoms with van der Waals surface area (Å²) >= 11 is 1.52. The first-order valence-electron chi connectivity index (χ1n) is 8.80. The van der Waals surface area contributed by atoms with Gasteiger partial charge in [-0.25, -0.2) is 4.98 Å². The second kappa shape index (κ2) is 6.72. The molecule has 3 fully saturated rings. The van der Waals surface area contributed by atoms with Gasteiger partial charge in [0, 0.05) is 24.5 Å². The highest BCUT2D eigenvalue weighted by Crippen LogP contribution is 2.32. The highest BCUT2D eigenvalue weighted by Gasteiger charge is 2.42. The maximum Gasteiger partial charge on any atom is 0.257 e. The first-order valence-corrected chi connectivity index (χ1v) is 9.74. The lowest BCUT2D eigenvalue weighted by Crippen LogP contribution is -2.47. The molecule has 3 aliphatic heterocycles. The van der Waals surface area contributed by atoms with Crippen molar-refractivity contribution in [2.75, 3.05) is 13.1 Å². The molecule has 3 aliphatic rings. The monoisotopic (exact) mass is 371 g/mol. The van der Waals surface area contributed by atoms with Crippen LogP contribution >= 0.6 is 11.3 Å². The fraction of sp³-hybridized carbons (Fsp3) is 0.421. The van der Waals surface area contributed by atoms with Crippen LogP contribution in [-0.4, -0.2) is 50.8 Å². The number of hydrogen-bond donors (Lipinski definition) is 1. The third kappa shape index (κ3) is 2.96. The summed E-state index contributed by atoms with van der Waals surface area (Å²) in [5.41, 5.74) is 3.65. The minimum absolute atomic E-state index is 0.00106. The Balaban J connectivity index is 1.58. The normalized spacial score (nSPS) is 22.6. The number of hydrogen-bond acceptors (Lipinski definition) is 5. The minimum Gasteiger partial charge on any atom is -0.507 e. The lowest BCUT2D eigenvalue weighted by atomic mass is 9.94. The van der Waals surface area contributed by atoms with E-state index in [0.29, 0.717) is 30.8 Å². The summed E-state index contributed by atoms with van der Waals surface area (Å²) in [4.78, 5) is 33.8. The first-order chi connectivity index (χ1) is 12.5. The van der Waals surface area contributed by atoms with Crippen LogP contribution in [0.1, 0.15) is 34.5 Å². The summed E-state index contributed by atoms with van der Waals surface area (Å²) in [6.07, 6.45) is 1.70. The lowest BCUT2D eigenvalue weighted by Gasteiger charge is -2.35. The molecule has 2 amide bonds. The Morgan fingerprint density at radius 3 is 2.96 bits per heavy atom. The van der Waals surface area contributed by atoms with Crippen molar-refractivity contribution in [1.29, 1.82) is 0 Å². The van der Waals surface area contributed by atoms with Gasteiger partial charge in [0.15, 0.2) is 0 Å². The zero-order chi connectivity index (χ0) is 18.3. The van der Waals surface area contributed by atoms with Gasteiger partial charge in [0.1, 0.15) is 5.75 Å². The molecule has 2 unspecified atom stereocenters. The van der Waals surface area contributed by atoms with Crippen LogP contribution in [0.5, 0.6) is 5.75 Å². The zero-order valence-electron chi connectivity index (χ0n) is 14.6. The highest BCUT2D eigenvalue weighted by molar-refractivity contribution is 7.07. The molecule has 26 heavy (non-hydrogen) atoms. The van der Waals surface area contributed by atoms with E-state index in [1.807, 2.05) is 10.3 Å². The van der Waals surface area contributed by atoms with E-state index in [0.717, 1.165) is 18.5 Å². The summed E-state index contributed by atoms with van der Waals surface area (Å²) in [6.45, 7) is 3.19. The fourth-order valence-electron chi connectivity index (χ4n) is 3.91. The van der Waals surface area contributed by atoms with E-state index in [2.05, 4.69) is 4.98 Å². The number of aromatic hydroxyl groups is 1. The molecule has 3 saturated heterocycles. The fourth-order valence-corrected chi connectivity index (χ4v) is 4.46. The second-order valence-corrected chi connectivity index (χ2v) is 7.77. The molecule has 1 N–H and O–H groups in total. The molecular weight excluding hydrogens is 350 g/mol. The van der Waals surface area contributed by atoms with Gasteiger partial charge in [0.25, 0.3) is 5.91 Å². The van der Waals surface area contributed by atoms with Gasteiger partial charge in [-0.3, -0.25) is 9.59 Å². The average molecular weight is 371 g/mol. The maximum atomic E-state index is 13.0. The summed E-state index contributed by atoms with van der Waals surface area (Å²) < 4.78 is 0. The molecular formula is C19H21N3O3S. The number of carbonyl (C=O) groups excluding carboxylic acids is 2. The molecule has 0 spiro atoms. The summed E-state index contributed by atoms with van der Waals surface area (Å²) in [6, 6.07) is 5.19. The third-order valence-electron chi connectivity index (χ3n) is 5.36. The van der Waals surface area contributed by atoms with Crippen LogP contribution in [0.25, 0.3) is 0 Å². The molecule has 0 saturated carbocycles. The van der Waals surface area contributed by atoms with Crippen LogP contribution in [-0.2, 0) is 11.3 Å². The van der Waals surface area contributed by atoms with Crippen molar-refractivity contribution in [3.63, 3.8) is 0 Å². The molecule has 1 aromatic carbocycles. The summed E-state index contributed by atoms with van der Waals surface area (Å²) in [7, 11) is 0. The Morgan fingerprint density at radius 2 is 2.19 bits per heavy atom. The second-order valence-electron chi connectivity index (χ2n) is 7.06. The van der Waals surface area contributed by atoms with E-state index < -0.39 is 0 Å². The molecule has 0 radical (unpaired) electrons. The average Bonchev–Trinajstić information content (AvgIpc) is 3.00. The van der Waals surface area contributed by atoms with Crippen molar-refractivity contribution in [2.24, 2.45) is 5.92 Å². The van der Waals surface area contributed by atoms with Crippen LogP contribution in [0.3, 0.4) is 0 Å². The summed E-state index contributed by atoms with van der Waals surface area (Å²) in [5.74, 6) is -0.243. The number of fused-ring (bicyclic) bond motifs is 4. The van der Waals surface area contributed by atoms with Gasteiger partial charge in [-0.1, -0.05) is 12.1 Å². The van der Waals surface area contributed by atoms with Crippen molar-refractivity contribution in [1.82, 2.24) is 14.8 Å². The van der Waals surface area contributed by atoms with Crippen LogP contribution in [0.2, 0.25) is 0 Å². The van der Waals surface area contributed by atoms with Gasteiger partial charge in [-0.15, -0.1) is 11.3 Å². The zero-order valence-corrected chi connectivity index (χ0v) is 15.4. The number of nitrogens with zero attached hydrogens (tertiary/aromatic N) is 3. The van der Waals surface area contributed by atoms with Gasteiger partial charge in [-0.2, -0.15) is 0 Å². The number of piperidine rings is 1. The van der Waals surface area contributed by atoms with Crippen LogP contribution in [0, 0.1) is 12.8 Å². The topological polar surface area (TPSA) is 73.7 Å². The number of thiazole rings is 1. The molecule has 2 aromatic rings. The molecule has 136 valence electrons. The molecule has 2 atom stereocenters. The first kappa shape index (κ1) is 17.0. The number of phenolic OH excluding ortho intramolecular Hbond substituents is 1. The SMILES string of the molecule is Cc1cccc(C(=O)N2CC3CCC(C2)N(Cc2cscn2)C3=O)c1O. The van der Waals surface area contributed by atoms with E-state index in [-0.39, 0.29) is 29.5 Å². The van der Waals surface area contributed by atoms with Gasteiger partial charge in [0.05, 0.1) is 29.2 Å². The molecule has 4 heterocycles. The molecule has 0 aliphatic carbocycles. The van der Waals surface area contributed by atoms with E-state index in [1.165, 1.54) is 11.3 Å². The molecule has 6 nitrogen and oxygen atoms in total. The predicted octanol–water partition coefficient (Wildman–Crippen LogP) is 2.42. The van der Waals surface area contributed by atoms with Gasteiger partial charge in [-0.05, 0) is 31.4 Å². The predicted molar refractivity (Wildman–Crippen MR) is 97.9 cm³/mol. The molecule has 2 bridgehead atoms. The molecule has 7 heteroatoms. The Morgan fingerprint density at radius 1 is 1.35 bits per heavy atom. The number of benzene rings is 1. The third-order valence-corrected chi connectivity index (χ3v) is 6.00. The Bertz CT molecular complexity index is 837.